The van der Waals surface area contributed by atoms with E-state index in [4.69, 9.17) is 16.3 Å². The van der Waals surface area contributed by atoms with Gasteiger partial charge in [0.15, 0.2) is 0 Å². The van der Waals surface area contributed by atoms with Crippen LogP contribution in [0.25, 0.3) is 0 Å². The van der Waals surface area contributed by atoms with E-state index in [-0.39, 0.29) is 18.0 Å². The highest BCUT2D eigenvalue weighted by Crippen LogP contribution is 2.24. The van der Waals surface area contributed by atoms with E-state index in [1.54, 1.807) is 19.2 Å². The Labute approximate surface area is 141 Å². The monoisotopic (exact) mass is 332 g/mol. The van der Waals surface area contributed by atoms with Crippen LogP contribution in [0.1, 0.15) is 25.5 Å². The largest absolute Gasteiger partial charge is 0.495 e. The number of hydrogen-bond acceptors (Lipinski definition) is 3. The number of methoxy groups -OCH3 is 1. The maximum atomic E-state index is 12.4. The van der Waals surface area contributed by atoms with Gasteiger partial charge in [0.1, 0.15) is 5.75 Å². The molecule has 0 saturated heterocycles. The predicted octanol–water partition coefficient (Wildman–Crippen LogP) is 4.03. The van der Waals surface area contributed by atoms with Gasteiger partial charge in [-0.25, -0.2) is 0 Å². The predicted molar refractivity (Wildman–Crippen MR) is 94.1 cm³/mol. The Kier molecular flexibility index (Phi) is 6.02. The number of hydrogen-bond donors (Lipinski definition) is 2. The summed E-state index contributed by atoms with van der Waals surface area (Å²) < 4.78 is 5.24. The van der Waals surface area contributed by atoms with Crippen LogP contribution >= 0.6 is 11.6 Å². The minimum Gasteiger partial charge on any atom is -0.495 e. The molecule has 2 aromatic carbocycles. The fourth-order valence-electron chi connectivity index (χ4n) is 2.36. The number of amides is 1. The minimum atomic E-state index is -0.383. The Balaban J connectivity index is 2.01. The van der Waals surface area contributed by atoms with Gasteiger partial charge in [-0.05, 0) is 37.6 Å². The first-order chi connectivity index (χ1) is 11.0. The zero-order valence-corrected chi connectivity index (χ0v) is 14.2. The standard InChI is InChI=1S/C18H21ClN2O2/c1-12(14-8-4-5-9-15(14)19)20-13(2)18(22)21-16-10-6-7-11-17(16)23-3/h4-13,20H,1-3H3,(H,21,22)/t12-,13+/m1/s1. The number of benzene rings is 2. The van der Waals surface area contributed by atoms with E-state index in [0.717, 1.165) is 5.56 Å². The fourth-order valence-corrected chi connectivity index (χ4v) is 2.66. The van der Waals surface area contributed by atoms with Crippen molar-refractivity contribution in [2.45, 2.75) is 25.9 Å². The van der Waals surface area contributed by atoms with Crippen molar-refractivity contribution in [1.82, 2.24) is 5.32 Å². The molecule has 0 aliphatic rings. The fraction of sp³-hybridized carbons (Fsp3) is 0.278. The molecule has 122 valence electrons. The van der Waals surface area contributed by atoms with E-state index in [2.05, 4.69) is 10.6 Å². The summed E-state index contributed by atoms with van der Waals surface area (Å²) in [4.78, 5) is 12.4. The van der Waals surface area contributed by atoms with Crippen LogP contribution in [0.5, 0.6) is 5.75 Å². The zero-order chi connectivity index (χ0) is 16.8. The van der Waals surface area contributed by atoms with Crippen LogP contribution in [-0.2, 0) is 4.79 Å². The van der Waals surface area contributed by atoms with E-state index in [1.807, 2.05) is 50.2 Å². The zero-order valence-electron chi connectivity index (χ0n) is 13.5. The first-order valence-electron chi connectivity index (χ1n) is 7.47. The molecule has 0 unspecified atom stereocenters. The Morgan fingerprint density at radius 2 is 1.74 bits per heavy atom. The average Bonchev–Trinajstić information content (AvgIpc) is 2.55. The van der Waals surface area contributed by atoms with Crippen LogP contribution in [-0.4, -0.2) is 19.1 Å². The van der Waals surface area contributed by atoms with Crippen LogP contribution in [0.2, 0.25) is 5.02 Å². The lowest BCUT2D eigenvalue weighted by Gasteiger charge is -2.21. The highest BCUT2D eigenvalue weighted by molar-refractivity contribution is 6.31. The van der Waals surface area contributed by atoms with Gasteiger partial charge >= 0.3 is 0 Å². The molecular weight excluding hydrogens is 312 g/mol. The topological polar surface area (TPSA) is 50.4 Å². The third-order valence-corrected chi connectivity index (χ3v) is 3.97. The minimum absolute atomic E-state index is 0.0397. The number of ether oxygens (including phenoxy) is 1. The molecule has 0 saturated carbocycles. The van der Waals surface area contributed by atoms with Crippen molar-refractivity contribution in [3.8, 4) is 5.75 Å². The SMILES string of the molecule is COc1ccccc1NC(=O)[C@H](C)N[C@H](C)c1ccccc1Cl. The molecule has 2 atom stereocenters. The summed E-state index contributed by atoms with van der Waals surface area (Å²) in [6.07, 6.45) is 0. The van der Waals surface area contributed by atoms with Crippen LogP contribution < -0.4 is 15.4 Å². The Morgan fingerprint density at radius 1 is 1.09 bits per heavy atom. The summed E-state index contributed by atoms with van der Waals surface area (Å²) in [5.74, 6) is 0.501. The van der Waals surface area contributed by atoms with Crippen LogP contribution in [0.15, 0.2) is 48.5 Å². The van der Waals surface area contributed by atoms with Gasteiger partial charge in [-0.3, -0.25) is 10.1 Å². The number of carbonyl (C=O) groups excluding carboxylic acids is 1. The number of carbonyl (C=O) groups is 1. The van der Waals surface area contributed by atoms with Gasteiger partial charge in [0.25, 0.3) is 0 Å². The quantitative estimate of drug-likeness (QED) is 0.839. The van der Waals surface area contributed by atoms with Gasteiger partial charge in [0.2, 0.25) is 5.91 Å². The van der Waals surface area contributed by atoms with E-state index >= 15 is 0 Å². The van der Waals surface area contributed by atoms with Gasteiger partial charge in [-0.2, -0.15) is 0 Å². The molecular formula is C18H21ClN2O2. The number of nitrogens with one attached hydrogen (secondary N) is 2. The molecule has 0 bridgehead atoms. The molecule has 0 aliphatic carbocycles. The average molecular weight is 333 g/mol. The lowest BCUT2D eigenvalue weighted by molar-refractivity contribution is -0.117. The van der Waals surface area contributed by atoms with Crippen molar-refractivity contribution in [3.63, 3.8) is 0 Å². The van der Waals surface area contributed by atoms with Crippen molar-refractivity contribution in [2.75, 3.05) is 12.4 Å². The van der Waals surface area contributed by atoms with E-state index in [1.165, 1.54) is 0 Å². The first kappa shape index (κ1) is 17.3. The molecule has 2 N–H and O–H groups in total. The third-order valence-electron chi connectivity index (χ3n) is 3.63. The summed E-state index contributed by atoms with van der Waals surface area (Å²) in [5.41, 5.74) is 1.62. The van der Waals surface area contributed by atoms with Crippen LogP contribution in [0.3, 0.4) is 0 Å². The third kappa shape index (κ3) is 4.47. The van der Waals surface area contributed by atoms with E-state index in [0.29, 0.717) is 16.5 Å². The molecule has 0 spiro atoms. The molecule has 1 amide bonds. The van der Waals surface area contributed by atoms with Crippen molar-refractivity contribution < 1.29 is 9.53 Å². The Morgan fingerprint density at radius 3 is 2.43 bits per heavy atom. The lowest BCUT2D eigenvalue weighted by atomic mass is 10.1. The number of rotatable bonds is 6. The highest BCUT2D eigenvalue weighted by Gasteiger charge is 2.18. The van der Waals surface area contributed by atoms with Gasteiger partial charge in [0.05, 0.1) is 18.8 Å². The molecule has 4 nitrogen and oxygen atoms in total. The van der Waals surface area contributed by atoms with Gasteiger partial charge in [0, 0.05) is 11.1 Å². The second-order valence-electron chi connectivity index (χ2n) is 5.32. The summed E-state index contributed by atoms with van der Waals surface area (Å²) in [6.45, 7) is 3.80. The Hall–Kier alpha value is -2.04. The summed E-state index contributed by atoms with van der Waals surface area (Å²) in [6, 6.07) is 14.5. The normalized spacial score (nSPS) is 13.2. The molecule has 23 heavy (non-hydrogen) atoms. The van der Waals surface area contributed by atoms with Crippen LogP contribution in [0.4, 0.5) is 5.69 Å². The van der Waals surface area contributed by atoms with E-state index in [9.17, 15) is 4.79 Å². The molecule has 0 fully saturated rings. The van der Waals surface area contributed by atoms with Crippen LogP contribution in [0, 0.1) is 0 Å². The maximum Gasteiger partial charge on any atom is 0.241 e. The van der Waals surface area contributed by atoms with Gasteiger partial charge in [-0.1, -0.05) is 41.9 Å². The van der Waals surface area contributed by atoms with Gasteiger partial charge in [-0.15, -0.1) is 0 Å². The molecule has 2 aromatic rings. The highest BCUT2D eigenvalue weighted by atomic mass is 35.5. The molecule has 2 rings (SSSR count). The molecule has 0 aromatic heterocycles. The van der Waals surface area contributed by atoms with Crippen molar-refractivity contribution in [1.29, 1.82) is 0 Å². The van der Waals surface area contributed by atoms with E-state index < -0.39 is 0 Å². The second kappa shape index (κ2) is 7.99. The molecule has 0 radical (unpaired) electrons. The summed E-state index contributed by atoms with van der Waals surface area (Å²) in [7, 11) is 1.58. The summed E-state index contributed by atoms with van der Waals surface area (Å²) >= 11 is 6.19. The number of anilines is 1. The lowest BCUT2D eigenvalue weighted by Crippen LogP contribution is -2.39. The second-order valence-corrected chi connectivity index (χ2v) is 5.73. The van der Waals surface area contributed by atoms with Crippen molar-refractivity contribution in [3.05, 3.63) is 59.1 Å². The molecule has 5 heteroatoms. The number of halogens is 1. The maximum absolute atomic E-state index is 12.4. The molecule has 0 aliphatic heterocycles. The van der Waals surface area contributed by atoms with Crippen molar-refractivity contribution in [2.24, 2.45) is 0 Å². The van der Waals surface area contributed by atoms with Gasteiger partial charge < -0.3 is 10.1 Å². The molecule has 0 heterocycles. The van der Waals surface area contributed by atoms with Crippen molar-refractivity contribution >= 4 is 23.2 Å². The smallest absolute Gasteiger partial charge is 0.241 e. The number of para-hydroxylation sites is 2. The Bertz CT molecular complexity index is 676. The summed E-state index contributed by atoms with van der Waals surface area (Å²) in [5, 5.41) is 6.82. The first-order valence-corrected chi connectivity index (χ1v) is 7.85.